The number of benzene rings is 2. The third kappa shape index (κ3) is 4.24. The zero-order valence-electron chi connectivity index (χ0n) is 12.1. The molecule has 110 valence electrons. The molecule has 1 N–H and O–H groups in total. The van der Waals surface area contributed by atoms with Crippen LogP contribution >= 0.6 is 11.8 Å². The zero-order valence-corrected chi connectivity index (χ0v) is 12.9. The fourth-order valence-corrected chi connectivity index (χ4v) is 2.71. The number of amides is 1. The van der Waals surface area contributed by atoms with E-state index in [1.54, 1.807) is 11.8 Å². The number of nitrogens with zero attached hydrogens (tertiary/aromatic N) is 1. The molecule has 0 aromatic heterocycles. The molecule has 2 aromatic rings. The Labute approximate surface area is 134 Å². The summed E-state index contributed by atoms with van der Waals surface area (Å²) in [5, 5.41) is 11.5. The molecule has 0 fully saturated rings. The average molecular weight is 308 g/mol. The van der Waals surface area contributed by atoms with E-state index in [1.165, 1.54) is 0 Å². The van der Waals surface area contributed by atoms with Gasteiger partial charge in [-0.3, -0.25) is 4.79 Å². The number of nitriles is 1. The van der Waals surface area contributed by atoms with Crippen molar-refractivity contribution in [1.29, 1.82) is 5.26 Å². The van der Waals surface area contributed by atoms with E-state index in [-0.39, 0.29) is 5.91 Å². The van der Waals surface area contributed by atoms with Gasteiger partial charge in [0.1, 0.15) is 0 Å². The van der Waals surface area contributed by atoms with Crippen LogP contribution in [0.4, 0.5) is 5.69 Å². The van der Waals surface area contributed by atoms with Crippen LogP contribution in [0, 0.1) is 11.3 Å². The highest BCUT2D eigenvalue weighted by atomic mass is 32.2. The highest BCUT2D eigenvalue weighted by Gasteiger charge is 2.11. The molecule has 2 aromatic carbocycles. The predicted octanol–water partition coefficient (Wildman–Crippen LogP) is 4.28. The number of hydrogen-bond acceptors (Lipinski definition) is 3. The van der Waals surface area contributed by atoms with E-state index in [0.717, 1.165) is 21.9 Å². The van der Waals surface area contributed by atoms with E-state index in [4.69, 9.17) is 5.26 Å². The van der Waals surface area contributed by atoms with Gasteiger partial charge in [0, 0.05) is 16.3 Å². The first-order valence-electron chi connectivity index (χ1n) is 6.84. The number of rotatable bonds is 6. The fourth-order valence-electron chi connectivity index (χ4n) is 1.92. The minimum Gasteiger partial charge on any atom is -0.322 e. The summed E-state index contributed by atoms with van der Waals surface area (Å²) < 4.78 is 0. The smallest absolute Gasteiger partial charge is 0.256 e. The molecule has 0 bridgehead atoms. The van der Waals surface area contributed by atoms with Gasteiger partial charge < -0.3 is 5.32 Å². The second kappa shape index (κ2) is 8.06. The summed E-state index contributed by atoms with van der Waals surface area (Å²) >= 11 is 1.58. The van der Waals surface area contributed by atoms with Crippen molar-refractivity contribution >= 4 is 23.4 Å². The van der Waals surface area contributed by atoms with Crippen LogP contribution in [0.25, 0.3) is 0 Å². The Morgan fingerprint density at radius 2 is 1.95 bits per heavy atom. The Balaban J connectivity index is 2.12. The molecule has 0 unspecified atom stereocenters. The van der Waals surface area contributed by atoms with Crippen LogP contribution in [0.3, 0.4) is 0 Å². The number of carbonyl (C=O) groups is 1. The number of carbonyl (C=O) groups excluding carboxylic acids is 1. The average Bonchev–Trinajstić information content (AvgIpc) is 2.55. The standard InChI is InChI=1S/C18H16N2OS/c1-2-13-22-17-6-4-3-5-16(17)18(21)20-15-9-7-14(8-10-15)11-12-19/h2-10H,1,11,13H2,(H,20,21). The van der Waals surface area contributed by atoms with Crippen molar-refractivity contribution in [3.05, 3.63) is 72.3 Å². The monoisotopic (exact) mass is 308 g/mol. The zero-order chi connectivity index (χ0) is 15.8. The molecule has 0 saturated carbocycles. The van der Waals surface area contributed by atoms with E-state index >= 15 is 0 Å². The van der Waals surface area contributed by atoms with Gasteiger partial charge in [0.15, 0.2) is 0 Å². The maximum absolute atomic E-state index is 12.4. The summed E-state index contributed by atoms with van der Waals surface area (Å²) in [4.78, 5) is 13.3. The molecule has 3 nitrogen and oxygen atoms in total. The summed E-state index contributed by atoms with van der Waals surface area (Å²) in [7, 11) is 0. The summed E-state index contributed by atoms with van der Waals surface area (Å²) in [5.41, 5.74) is 2.30. The second-order valence-corrected chi connectivity index (χ2v) is 5.64. The van der Waals surface area contributed by atoms with Gasteiger partial charge in [-0.05, 0) is 29.8 Å². The molecule has 0 aliphatic heterocycles. The molecular weight excluding hydrogens is 292 g/mol. The normalized spacial score (nSPS) is 9.77. The van der Waals surface area contributed by atoms with Gasteiger partial charge in [-0.15, -0.1) is 18.3 Å². The first-order valence-corrected chi connectivity index (χ1v) is 7.83. The molecular formula is C18H16N2OS. The number of hydrogen-bond donors (Lipinski definition) is 1. The Bertz CT molecular complexity index is 702. The molecule has 0 aliphatic carbocycles. The topological polar surface area (TPSA) is 52.9 Å². The lowest BCUT2D eigenvalue weighted by Gasteiger charge is -2.09. The SMILES string of the molecule is C=CCSc1ccccc1C(=O)Nc1ccc(CC#N)cc1. The van der Waals surface area contributed by atoms with Gasteiger partial charge in [-0.1, -0.05) is 30.3 Å². The third-order valence-electron chi connectivity index (χ3n) is 2.98. The van der Waals surface area contributed by atoms with Crippen molar-refractivity contribution in [1.82, 2.24) is 0 Å². The number of anilines is 1. The van der Waals surface area contributed by atoms with Crippen LogP contribution < -0.4 is 5.32 Å². The van der Waals surface area contributed by atoms with Crippen molar-refractivity contribution in [3.8, 4) is 6.07 Å². The molecule has 1 amide bonds. The van der Waals surface area contributed by atoms with Gasteiger partial charge in [0.2, 0.25) is 0 Å². The second-order valence-electron chi connectivity index (χ2n) is 4.58. The summed E-state index contributed by atoms with van der Waals surface area (Å²) in [6.45, 7) is 3.70. The Kier molecular flexibility index (Phi) is 5.81. The highest BCUT2D eigenvalue weighted by Crippen LogP contribution is 2.23. The van der Waals surface area contributed by atoms with Crippen LogP contribution in [0.15, 0.2) is 66.1 Å². The largest absolute Gasteiger partial charge is 0.322 e. The van der Waals surface area contributed by atoms with Gasteiger partial charge in [0.25, 0.3) is 5.91 Å². The lowest BCUT2D eigenvalue weighted by atomic mass is 10.1. The molecule has 2 rings (SSSR count). The van der Waals surface area contributed by atoms with Crippen LogP contribution in [-0.2, 0) is 6.42 Å². The fraction of sp³-hybridized carbons (Fsp3) is 0.111. The predicted molar refractivity (Wildman–Crippen MR) is 91.1 cm³/mol. The van der Waals surface area contributed by atoms with Crippen LogP contribution in [0.5, 0.6) is 0 Å². The minimum absolute atomic E-state index is 0.139. The van der Waals surface area contributed by atoms with E-state index in [2.05, 4.69) is 18.0 Å². The molecule has 0 spiro atoms. The highest BCUT2D eigenvalue weighted by molar-refractivity contribution is 7.99. The summed E-state index contributed by atoms with van der Waals surface area (Å²) in [6.07, 6.45) is 2.18. The lowest BCUT2D eigenvalue weighted by Crippen LogP contribution is -2.13. The minimum atomic E-state index is -0.139. The van der Waals surface area contributed by atoms with Gasteiger partial charge in [-0.2, -0.15) is 5.26 Å². The maximum Gasteiger partial charge on any atom is 0.256 e. The number of thioether (sulfide) groups is 1. The Morgan fingerprint density at radius 1 is 1.23 bits per heavy atom. The Morgan fingerprint density at radius 3 is 2.64 bits per heavy atom. The molecule has 0 radical (unpaired) electrons. The van der Waals surface area contributed by atoms with Crippen LogP contribution in [0.2, 0.25) is 0 Å². The van der Waals surface area contributed by atoms with Crippen LogP contribution in [-0.4, -0.2) is 11.7 Å². The Hall–Kier alpha value is -2.51. The molecule has 22 heavy (non-hydrogen) atoms. The first-order chi connectivity index (χ1) is 10.7. The van der Waals surface area contributed by atoms with Crippen molar-refractivity contribution in [3.63, 3.8) is 0 Å². The van der Waals surface area contributed by atoms with Gasteiger partial charge in [-0.25, -0.2) is 0 Å². The van der Waals surface area contributed by atoms with Gasteiger partial charge in [0.05, 0.1) is 18.1 Å². The van der Waals surface area contributed by atoms with Crippen molar-refractivity contribution in [2.24, 2.45) is 0 Å². The molecule has 0 atom stereocenters. The lowest BCUT2D eigenvalue weighted by molar-refractivity contribution is 0.102. The molecule has 0 aliphatic rings. The molecule has 4 heteroatoms. The van der Waals surface area contributed by atoms with Crippen molar-refractivity contribution in [2.75, 3.05) is 11.1 Å². The van der Waals surface area contributed by atoms with Gasteiger partial charge >= 0.3 is 0 Å². The van der Waals surface area contributed by atoms with Crippen molar-refractivity contribution < 1.29 is 4.79 Å². The first kappa shape index (κ1) is 15.9. The van der Waals surface area contributed by atoms with E-state index in [0.29, 0.717) is 12.0 Å². The molecule has 0 saturated heterocycles. The van der Waals surface area contributed by atoms with E-state index < -0.39 is 0 Å². The third-order valence-corrected chi connectivity index (χ3v) is 4.05. The molecule has 0 heterocycles. The van der Waals surface area contributed by atoms with Crippen molar-refractivity contribution in [2.45, 2.75) is 11.3 Å². The summed E-state index contributed by atoms with van der Waals surface area (Å²) in [6, 6.07) is 16.9. The number of nitrogens with one attached hydrogen (secondary N) is 1. The quantitative estimate of drug-likeness (QED) is 0.640. The summed E-state index contributed by atoms with van der Waals surface area (Å²) in [5.74, 6) is 0.618. The maximum atomic E-state index is 12.4. The van der Waals surface area contributed by atoms with E-state index in [1.807, 2.05) is 54.6 Å². The van der Waals surface area contributed by atoms with E-state index in [9.17, 15) is 4.79 Å². The van der Waals surface area contributed by atoms with Crippen LogP contribution in [0.1, 0.15) is 15.9 Å².